The van der Waals surface area contributed by atoms with Crippen LogP contribution in [0.3, 0.4) is 0 Å². The third kappa shape index (κ3) is 3.75. The normalized spacial score (nSPS) is 17.8. The van der Waals surface area contributed by atoms with Crippen molar-refractivity contribution in [3.63, 3.8) is 0 Å². The van der Waals surface area contributed by atoms with Crippen molar-refractivity contribution in [2.24, 2.45) is 0 Å². The molecular weight excluding hydrogens is 384 g/mol. The number of rotatable bonds is 4. The largest absolute Gasteiger partial charge is 0.508 e. The molecule has 1 aliphatic heterocycles. The van der Waals surface area contributed by atoms with Crippen molar-refractivity contribution in [2.45, 2.75) is 25.3 Å². The molecule has 1 atom stereocenters. The lowest BCUT2D eigenvalue weighted by atomic mass is 9.90. The maximum Gasteiger partial charge on any atom is 0.134 e. The van der Waals surface area contributed by atoms with Gasteiger partial charge < -0.3 is 5.11 Å². The van der Waals surface area contributed by atoms with E-state index in [-0.39, 0.29) is 17.2 Å². The lowest BCUT2D eigenvalue weighted by Gasteiger charge is -2.33. The van der Waals surface area contributed by atoms with Crippen LogP contribution in [-0.2, 0) is 6.54 Å². The number of likely N-dealkylation sites (tertiary alicyclic amines) is 1. The second-order valence-electron chi connectivity index (χ2n) is 7.14. The zero-order valence-corrected chi connectivity index (χ0v) is 15.9. The molecule has 1 aliphatic rings. The van der Waals surface area contributed by atoms with Gasteiger partial charge in [-0.25, -0.2) is 8.78 Å². The van der Waals surface area contributed by atoms with Gasteiger partial charge in [-0.05, 0) is 49.7 Å². The van der Waals surface area contributed by atoms with Crippen LogP contribution in [0.2, 0.25) is 5.02 Å². The number of nitrogens with zero attached hydrogens (tertiary/aromatic N) is 2. The number of aromatic nitrogens is 2. The van der Waals surface area contributed by atoms with Crippen LogP contribution in [0, 0.1) is 11.6 Å². The predicted octanol–water partition coefficient (Wildman–Crippen LogP) is 5.09. The standard InChI is InChI=1S/C21H20ClF2N3O/c22-15-6-7-19(28)14(9-15)12-27-8-2-3-13(11-27)21-16(10-25-26-21)20-17(23)4-1-5-18(20)24/h1,4-7,9-10,13,28H,2-3,8,11-12H2,(H,25,26)/t13-/m0/s1. The van der Waals surface area contributed by atoms with Crippen molar-refractivity contribution in [3.05, 3.63) is 70.5 Å². The molecule has 146 valence electrons. The number of H-pyrrole nitrogens is 1. The molecule has 0 bridgehead atoms. The Kier molecular flexibility index (Phi) is 5.33. The van der Waals surface area contributed by atoms with Crippen LogP contribution in [0.4, 0.5) is 8.78 Å². The first kappa shape index (κ1) is 18.9. The van der Waals surface area contributed by atoms with Crippen LogP contribution in [0.25, 0.3) is 11.1 Å². The number of nitrogens with one attached hydrogen (secondary N) is 1. The molecule has 0 spiro atoms. The average Bonchev–Trinajstić information content (AvgIpc) is 3.14. The van der Waals surface area contributed by atoms with Crippen LogP contribution < -0.4 is 0 Å². The molecule has 0 radical (unpaired) electrons. The molecule has 1 aromatic heterocycles. The molecule has 1 fully saturated rings. The van der Waals surface area contributed by atoms with Gasteiger partial charge in [-0.15, -0.1) is 0 Å². The molecule has 0 unspecified atom stereocenters. The summed E-state index contributed by atoms with van der Waals surface area (Å²) in [6, 6.07) is 8.87. The van der Waals surface area contributed by atoms with Crippen LogP contribution in [0.15, 0.2) is 42.6 Å². The highest BCUT2D eigenvalue weighted by Crippen LogP contribution is 2.36. The number of hydrogen-bond acceptors (Lipinski definition) is 3. The number of phenols is 1. The van der Waals surface area contributed by atoms with Gasteiger partial charge in [0.15, 0.2) is 0 Å². The molecule has 0 saturated carbocycles. The third-order valence-electron chi connectivity index (χ3n) is 5.25. The molecule has 0 aliphatic carbocycles. The molecule has 1 saturated heterocycles. The molecule has 4 nitrogen and oxygen atoms in total. The Morgan fingerprint density at radius 2 is 2.00 bits per heavy atom. The van der Waals surface area contributed by atoms with Gasteiger partial charge in [0.2, 0.25) is 0 Å². The Morgan fingerprint density at radius 3 is 2.79 bits per heavy atom. The van der Waals surface area contributed by atoms with Gasteiger partial charge in [0.05, 0.1) is 11.8 Å². The number of aromatic amines is 1. The van der Waals surface area contributed by atoms with Crippen molar-refractivity contribution in [3.8, 4) is 16.9 Å². The average molecular weight is 404 g/mol. The Hall–Kier alpha value is -2.44. The molecule has 3 aromatic rings. The van der Waals surface area contributed by atoms with E-state index in [1.807, 2.05) is 0 Å². The van der Waals surface area contributed by atoms with E-state index < -0.39 is 11.6 Å². The van der Waals surface area contributed by atoms with Gasteiger partial charge >= 0.3 is 0 Å². The van der Waals surface area contributed by atoms with Gasteiger partial charge in [-0.3, -0.25) is 10.00 Å². The monoisotopic (exact) mass is 403 g/mol. The van der Waals surface area contributed by atoms with E-state index in [0.29, 0.717) is 23.7 Å². The minimum Gasteiger partial charge on any atom is -0.508 e. The Morgan fingerprint density at radius 1 is 1.21 bits per heavy atom. The molecule has 0 amide bonds. The fourth-order valence-electron chi connectivity index (χ4n) is 3.92. The van der Waals surface area contributed by atoms with E-state index in [0.717, 1.165) is 30.6 Å². The quantitative estimate of drug-likeness (QED) is 0.637. The minimum absolute atomic E-state index is 0.0455. The number of aromatic hydroxyl groups is 1. The summed E-state index contributed by atoms with van der Waals surface area (Å²) in [4.78, 5) is 2.21. The molecule has 2 heterocycles. The second kappa shape index (κ2) is 7.89. The van der Waals surface area contributed by atoms with E-state index in [2.05, 4.69) is 15.1 Å². The first-order chi connectivity index (χ1) is 13.5. The zero-order valence-electron chi connectivity index (χ0n) is 15.1. The summed E-state index contributed by atoms with van der Waals surface area (Å²) in [5.74, 6) is -0.924. The first-order valence-electron chi connectivity index (χ1n) is 9.20. The van der Waals surface area contributed by atoms with Crippen LogP contribution in [0.1, 0.15) is 30.0 Å². The minimum atomic E-state index is -0.598. The molecule has 2 N–H and O–H groups in total. The number of halogens is 3. The van der Waals surface area contributed by atoms with Gasteiger partial charge in [0.1, 0.15) is 17.4 Å². The SMILES string of the molecule is Oc1ccc(Cl)cc1CN1CCC[C@H](c2[nH]ncc2-c2c(F)cccc2F)C1. The van der Waals surface area contributed by atoms with Gasteiger partial charge in [-0.2, -0.15) is 5.10 Å². The van der Waals surface area contributed by atoms with Crippen molar-refractivity contribution in [1.82, 2.24) is 15.1 Å². The fourth-order valence-corrected chi connectivity index (χ4v) is 4.11. The maximum absolute atomic E-state index is 14.3. The van der Waals surface area contributed by atoms with Crippen molar-refractivity contribution in [2.75, 3.05) is 13.1 Å². The maximum atomic E-state index is 14.3. The lowest BCUT2D eigenvalue weighted by molar-refractivity contribution is 0.197. The van der Waals surface area contributed by atoms with Crippen molar-refractivity contribution in [1.29, 1.82) is 0 Å². The fraction of sp³-hybridized carbons (Fsp3) is 0.286. The van der Waals surface area contributed by atoms with E-state index in [4.69, 9.17) is 11.6 Å². The van der Waals surface area contributed by atoms with Crippen LogP contribution >= 0.6 is 11.6 Å². The van der Waals surface area contributed by atoms with E-state index in [1.165, 1.54) is 24.4 Å². The highest BCUT2D eigenvalue weighted by molar-refractivity contribution is 6.30. The first-order valence-corrected chi connectivity index (χ1v) is 9.58. The van der Waals surface area contributed by atoms with Gasteiger partial charge in [0.25, 0.3) is 0 Å². The molecular formula is C21H20ClF2N3O. The van der Waals surface area contributed by atoms with Crippen molar-refractivity contribution < 1.29 is 13.9 Å². The van der Waals surface area contributed by atoms with Gasteiger partial charge in [-0.1, -0.05) is 17.7 Å². The summed E-state index contributed by atoms with van der Waals surface area (Å²) in [6.07, 6.45) is 3.31. The third-order valence-corrected chi connectivity index (χ3v) is 5.49. The molecule has 4 rings (SSSR count). The van der Waals surface area contributed by atoms with E-state index >= 15 is 0 Å². The summed E-state index contributed by atoms with van der Waals surface area (Å²) in [6.45, 7) is 2.12. The van der Waals surface area contributed by atoms with Crippen LogP contribution in [0.5, 0.6) is 5.75 Å². The summed E-state index contributed by atoms with van der Waals surface area (Å²) in [5.41, 5.74) is 1.92. The molecule has 28 heavy (non-hydrogen) atoms. The number of piperidine rings is 1. The molecule has 7 heteroatoms. The number of phenolic OH excluding ortho intramolecular Hbond substituents is 1. The van der Waals surface area contributed by atoms with Gasteiger partial charge in [0, 0.05) is 40.9 Å². The second-order valence-corrected chi connectivity index (χ2v) is 7.58. The van der Waals surface area contributed by atoms with E-state index in [1.54, 1.807) is 18.2 Å². The zero-order chi connectivity index (χ0) is 19.7. The topological polar surface area (TPSA) is 52.1 Å². The molecule has 2 aromatic carbocycles. The highest BCUT2D eigenvalue weighted by Gasteiger charge is 2.27. The summed E-state index contributed by atoms with van der Waals surface area (Å²) < 4.78 is 28.5. The number of hydrogen-bond donors (Lipinski definition) is 2. The Bertz CT molecular complexity index is 971. The van der Waals surface area contributed by atoms with E-state index in [9.17, 15) is 13.9 Å². The lowest BCUT2D eigenvalue weighted by Crippen LogP contribution is -2.34. The predicted molar refractivity (Wildman–Crippen MR) is 104 cm³/mol. The summed E-state index contributed by atoms with van der Waals surface area (Å²) in [7, 11) is 0. The summed E-state index contributed by atoms with van der Waals surface area (Å²) in [5, 5.41) is 17.7. The summed E-state index contributed by atoms with van der Waals surface area (Å²) >= 11 is 6.05. The van der Waals surface area contributed by atoms with Crippen molar-refractivity contribution >= 4 is 11.6 Å². The highest BCUT2D eigenvalue weighted by atomic mass is 35.5. The number of benzene rings is 2. The van der Waals surface area contributed by atoms with Crippen LogP contribution in [-0.4, -0.2) is 33.3 Å². The Labute approximate surface area is 166 Å². The smallest absolute Gasteiger partial charge is 0.134 e. The Balaban J connectivity index is 1.58.